The van der Waals surface area contributed by atoms with E-state index < -0.39 is 44.3 Å². The van der Waals surface area contributed by atoms with E-state index in [1.165, 1.54) is 0 Å². The van der Waals surface area contributed by atoms with Crippen LogP contribution in [0.3, 0.4) is 0 Å². The van der Waals surface area contributed by atoms with Gasteiger partial charge in [-0.25, -0.2) is 0 Å². The lowest BCUT2D eigenvalue weighted by molar-refractivity contribution is -0.407. The highest BCUT2D eigenvalue weighted by molar-refractivity contribution is 7.99. The summed E-state index contributed by atoms with van der Waals surface area (Å²) in [5.41, 5.74) is 0. The first-order chi connectivity index (χ1) is 8.85. The number of rotatable bonds is 4. The van der Waals surface area contributed by atoms with Gasteiger partial charge in [-0.05, 0) is 22.5 Å². The maximum absolute atomic E-state index is 12.2. The van der Waals surface area contributed by atoms with Gasteiger partial charge in [-0.15, -0.1) is 0 Å². The van der Waals surface area contributed by atoms with Crippen molar-refractivity contribution in [1.82, 2.24) is 0 Å². The Hall–Kier alpha value is 0.230. The molecule has 21 heavy (non-hydrogen) atoms. The Morgan fingerprint density at radius 1 is 0.714 bits per heavy atom. The van der Waals surface area contributed by atoms with Crippen molar-refractivity contribution < 1.29 is 53.5 Å². The van der Waals surface area contributed by atoms with E-state index in [0.717, 1.165) is 0 Å². The van der Waals surface area contributed by atoms with E-state index in [1.807, 2.05) is 0 Å². The molecule has 0 aromatic rings. The van der Waals surface area contributed by atoms with Gasteiger partial charge in [0, 0.05) is 0 Å². The van der Waals surface area contributed by atoms with Crippen molar-refractivity contribution in [3.63, 3.8) is 0 Å². The molecule has 0 spiro atoms. The monoisotopic (exact) mass is 400 g/mol. The second-order valence-electron chi connectivity index (χ2n) is 3.18. The molecule has 0 amide bonds. The normalized spacial score (nSPS) is 14.0. The van der Waals surface area contributed by atoms with Gasteiger partial charge in [0.25, 0.3) is 0 Å². The molecule has 2 nitrogen and oxygen atoms in total. The molecule has 0 aliphatic heterocycles. The van der Waals surface area contributed by atoms with E-state index in [4.69, 9.17) is 4.89 Å². The van der Waals surface area contributed by atoms with Crippen molar-refractivity contribution in [2.45, 2.75) is 37.4 Å². The molecule has 0 radical (unpaired) electrons. The first-order valence-corrected chi connectivity index (χ1v) is 7.35. The average molecular weight is 401 g/mol. The molecule has 0 heterocycles. The lowest BCUT2D eigenvalue weighted by Crippen LogP contribution is -2.39. The molecule has 0 saturated heterocycles. The number of hydrogen-bond acceptors (Lipinski definition) is 2. The molecular formula is C6H5Cl2F10O2P. The third-order valence-corrected chi connectivity index (χ3v) is 1.11. The van der Waals surface area contributed by atoms with Gasteiger partial charge in [-0.1, -0.05) is 0 Å². The average Bonchev–Trinajstić information content (AvgIpc) is 1.85. The summed E-state index contributed by atoms with van der Waals surface area (Å²) in [4.78, 5) is 7.65. The van der Waals surface area contributed by atoms with Crippen LogP contribution in [-0.4, -0.2) is 29.5 Å². The molecule has 0 aliphatic rings. The Kier molecular flexibility index (Phi) is 9.16. The molecule has 0 aromatic carbocycles. The summed E-state index contributed by atoms with van der Waals surface area (Å²) in [5.74, 6) is 0. The zero-order valence-electron chi connectivity index (χ0n) is 9.25. The molecule has 15 heteroatoms. The summed E-state index contributed by atoms with van der Waals surface area (Å²) >= 11 is 9.32. The Morgan fingerprint density at radius 3 is 1.05 bits per heavy atom. The smallest absolute Gasteiger partial charge is 0.347 e. The van der Waals surface area contributed by atoms with Crippen LogP contribution in [0.4, 0.5) is 43.9 Å². The van der Waals surface area contributed by atoms with Crippen LogP contribution in [0.1, 0.15) is 12.8 Å². The van der Waals surface area contributed by atoms with Gasteiger partial charge in [-0.2, -0.15) is 43.9 Å². The maximum atomic E-state index is 12.2. The predicted molar refractivity (Wildman–Crippen MR) is 53.2 cm³/mol. The third kappa shape index (κ3) is 20.2. The standard InChI is InChI=1S/C6H4F10O.Cl2HOP/c7-3(8,9)1-5(13,14)17-6(15,16)2-4(10,11)12;1-4(2)3/h1-2H2;3H. The van der Waals surface area contributed by atoms with E-state index in [0.29, 0.717) is 0 Å². The molecule has 0 unspecified atom stereocenters. The van der Waals surface area contributed by atoms with Crippen LogP contribution in [0.5, 0.6) is 0 Å². The summed E-state index contributed by atoms with van der Waals surface area (Å²) < 4.78 is 120. The van der Waals surface area contributed by atoms with Crippen LogP contribution in [0.25, 0.3) is 0 Å². The first-order valence-electron chi connectivity index (χ1n) is 4.25. The minimum Gasteiger partial charge on any atom is -0.347 e. The van der Waals surface area contributed by atoms with Crippen LogP contribution in [0.2, 0.25) is 0 Å². The quantitative estimate of drug-likeness (QED) is 0.479. The molecule has 0 saturated carbocycles. The van der Waals surface area contributed by atoms with Crippen molar-refractivity contribution in [3.05, 3.63) is 0 Å². The third-order valence-electron chi connectivity index (χ3n) is 1.11. The molecule has 0 atom stereocenters. The molecule has 1 N–H and O–H groups in total. The molecule has 130 valence electrons. The van der Waals surface area contributed by atoms with Gasteiger partial charge in [0.05, 0.1) is 0 Å². The van der Waals surface area contributed by atoms with Crippen LogP contribution in [0, 0.1) is 0 Å². The highest BCUT2D eigenvalue weighted by Crippen LogP contribution is 2.41. The number of alkyl halides is 10. The fraction of sp³-hybridized carbons (Fsp3) is 1.00. The molecule has 0 bridgehead atoms. The summed E-state index contributed by atoms with van der Waals surface area (Å²) in [5, 5.41) is 0. The number of halogens is 12. The van der Waals surface area contributed by atoms with Crippen LogP contribution >= 0.6 is 29.3 Å². The van der Waals surface area contributed by atoms with Crippen molar-refractivity contribution in [1.29, 1.82) is 0 Å². The van der Waals surface area contributed by atoms with E-state index >= 15 is 0 Å². The van der Waals surface area contributed by atoms with E-state index in [1.54, 1.807) is 0 Å². The molecular weight excluding hydrogens is 396 g/mol. The molecule has 0 rings (SSSR count). The Morgan fingerprint density at radius 2 is 0.905 bits per heavy atom. The summed E-state index contributed by atoms with van der Waals surface area (Å²) in [6.07, 6.45) is -28.2. The predicted octanol–water partition coefficient (Wildman–Crippen LogP) is 5.78. The Balaban J connectivity index is 0. The lowest BCUT2D eigenvalue weighted by Gasteiger charge is -2.24. The number of ether oxygens (including phenoxy) is 1. The minimum atomic E-state index is -5.56. The lowest BCUT2D eigenvalue weighted by atomic mass is 10.3. The van der Waals surface area contributed by atoms with Crippen molar-refractivity contribution in [2.24, 2.45) is 0 Å². The molecule has 0 aliphatic carbocycles. The van der Waals surface area contributed by atoms with Gasteiger partial charge in [-0.3, -0.25) is 4.74 Å². The second-order valence-corrected chi connectivity index (χ2v) is 6.05. The van der Waals surface area contributed by atoms with Gasteiger partial charge in [0.15, 0.2) is 0 Å². The highest BCUT2D eigenvalue weighted by Gasteiger charge is 2.54. The maximum Gasteiger partial charge on any atom is 0.397 e. The minimum absolute atomic E-state index is 1.68. The van der Waals surface area contributed by atoms with Crippen molar-refractivity contribution in [2.75, 3.05) is 0 Å². The van der Waals surface area contributed by atoms with Gasteiger partial charge in [0.1, 0.15) is 12.8 Å². The van der Waals surface area contributed by atoms with Crippen LogP contribution in [0.15, 0.2) is 0 Å². The van der Waals surface area contributed by atoms with Crippen LogP contribution < -0.4 is 0 Å². The van der Waals surface area contributed by atoms with Crippen molar-refractivity contribution >= 4 is 29.3 Å². The fourth-order valence-corrected chi connectivity index (χ4v) is 0.757. The molecule has 0 fully saturated rings. The topological polar surface area (TPSA) is 29.5 Å². The summed E-state index contributed by atoms with van der Waals surface area (Å²) in [6.45, 7) is -1.68. The highest BCUT2D eigenvalue weighted by atomic mass is 35.9. The Bertz CT molecular complexity index is 276. The van der Waals surface area contributed by atoms with Crippen LogP contribution in [-0.2, 0) is 4.74 Å². The summed E-state index contributed by atoms with van der Waals surface area (Å²) in [6, 6.07) is 0. The molecule has 0 aromatic heterocycles. The second kappa shape index (κ2) is 8.19. The summed E-state index contributed by atoms with van der Waals surface area (Å²) in [7, 11) is 0. The first kappa shape index (κ1) is 23.5. The van der Waals surface area contributed by atoms with E-state index in [-0.39, 0.29) is 0 Å². The van der Waals surface area contributed by atoms with Crippen molar-refractivity contribution in [3.8, 4) is 0 Å². The van der Waals surface area contributed by atoms with E-state index in [2.05, 4.69) is 27.2 Å². The number of hydrogen-bond donors (Lipinski definition) is 1. The van der Waals surface area contributed by atoms with Gasteiger partial charge < -0.3 is 4.89 Å². The Labute approximate surface area is 121 Å². The fourth-order valence-electron chi connectivity index (χ4n) is 0.757. The van der Waals surface area contributed by atoms with E-state index in [9.17, 15) is 43.9 Å². The zero-order valence-corrected chi connectivity index (χ0v) is 11.7. The zero-order chi connectivity index (χ0) is 17.7. The largest absolute Gasteiger partial charge is 0.397 e. The van der Waals surface area contributed by atoms with Gasteiger partial charge in [0.2, 0.25) is 6.85 Å². The SMILES string of the molecule is FC(F)(F)CC(F)(F)OC(F)(F)CC(F)(F)F.OP(Cl)Cl. The van der Waals surface area contributed by atoms with Gasteiger partial charge >= 0.3 is 24.6 Å².